The summed E-state index contributed by atoms with van der Waals surface area (Å²) in [6.45, 7) is 1.46. The lowest BCUT2D eigenvalue weighted by molar-refractivity contribution is -0.137. The van der Waals surface area contributed by atoms with Crippen LogP contribution in [0.4, 0.5) is 5.82 Å². The van der Waals surface area contributed by atoms with Crippen molar-refractivity contribution in [3.63, 3.8) is 0 Å². The van der Waals surface area contributed by atoms with Gasteiger partial charge >= 0.3 is 5.97 Å². The number of aliphatic carboxylic acids is 1. The Labute approximate surface area is 214 Å². The van der Waals surface area contributed by atoms with Crippen LogP contribution < -0.4 is 10.1 Å². The molecule has 2 aromatic carbocycles. The Balaban J connectivity index is 1.21. The molecule has 7 nitrogen and oxygen atoms in total. The average Bonchev–Trinajstić information content (AvgIpc) is 3.34. The maximum absolute atomic E-state index is 11.8. The quantitative estimate of drug-likeness (QED) is 0.275. The van der Waals surface area contributed by atoms with Crippen LogP contribution >= 0.6 is 0 Å². The summed E-state index contributed by atoms with van der Waals surface area (Å²) in [4.78, 5) is 21.0. The van der Waals surface area contributed by atoms with E-state index in [1.54, 1.807) is 12.5 Å². The molecule has 6 rings (SSSR count). The van der Waals surface area contributed by atoms with E-state index in [0.29, 0.717) is 24.4 Å². The fraction of sp³-hybridized carbons (Fsp3) is 0.233. The van der Waals surface area contributed by atoms with Gasteiger partial charge in [-0.15, -0.1) is 0 Å². The number of furan rings is 1. The van der Waals surface area contributed by atoms with Crippen LogP contribution in [-0.2, 0) is 17.6 Å². The highest BCUT2D eigenvalue weighted by Gasteiger charge is 2.23. The number of carboxylic acids is 1. The third kappa shape index (κ3) is 4.85. The minimum atomic E-state index is -0.876. The SMILES string of the molecule is O=C(O)CC(c1cnc2ccccc2c1)c1coc2cc(OCCc3ccc4c(n3)NCCC4)ccc12. The predicted molar refractivity (Wildman–Crippen MR) is 142 cm³/mol. The number of hydrogen-bond donors (Lipinski definition) is 2. The zero-order valence-corrected chi connectivity index (χ0v) is 20.3. The zero-order chi connectivity index (χ0) is 25.2. The maximum atomic E-state index is 11.8. The summed E-state index contributed by atoms with van der Waals surface area (Å²) in [5, 5.41) is 14.9. The Kier molecular flexibility index (Phi) is 6.18. The van der Waals surface area contributed by atoms with Gasteiger partial charge in [0, 0.05) is 53.2 Å². The van der Waals surface area contributed by atoms with Gasteiger partial charge in [0.1, 0.15) is 17.2 Å². The minimum Gasteiger partial charge on any atom is -0.493 e. The summed E-state index contributed by atoms with van der Waals surface area (Å²) < 4.78 is 11.9. The molecule has 7 heteroatoms. The molecule has 186 valence electrons. The van der Waals surface area contributed by atoms with E-state index >= 15 is 0 Å². The van der Waals surface area contributed by atoms with Gasteiger partial charge in [-0.05, 0) is 54.3 Å². The van der Waals surface area contributed by atoms with Crippen molar-refractivity contribution < 1.29 is 19.1 Å². The highest BCUT2D eigenvalue weighted by molar-refractivity contribution is 5.85. The molecular weight excluding hydrogens is 466 g/mol. The predicted octanol–water partition coefficient (Wildman–Crippen LogP) is 5.96. The second-order valence-corrected chi connectivity index (χ2v) is 9.40. The Morgan fingerprint density at radius 2 is 2.05 bits per heavy atom. The van der Waals surface area contributed by atoms with Gasteiger partial charge in [0.15, 0.2) is 0 Å². The highest BCUT2D eigenvalue weighted by Crippen LogP contribution is 2.36. The molecule has 3 aromatic heterocycles. The molecule has 0 fully saturated rings. The number of para-hydroxylation sites is 1. The lowest BCUT2D eigenvalue weighted by Crippen LogP contribution is -2.14. The van der Waals surface area contributed by atoms with E-state index in [1.807, 2.05) is 48.5 Å². The summed E-state index contributed by atoms with van der Waals surface area (Å²) >= 11 is 0. The summed E-state index contributed by atoms with van der Waals surface area (Å²) in [5.41, 5.74) is 5.47. The number of benzene rings is 2. The number of aryl methyl sites for hydroxylation is 1. The number of anilines is 1. The largest absolute Gasteiger partial charge is 0.493 e. The number of aromatic nitrogens is 2. The van der Waals surface area contributed by atoms with Gasteiger partial charge in [-0.3, -0.25) is 9.78 Å². The number of ether oxygens (including phenoxy) is 1. The first-order valence-corrected chi connectivity index (χ1v) is 12.6. The van der Waals surface area contributed by atoms with Gasteiger partial charge in [0.05, 0.1) is 24.8 Å². The van der Waals surface area contributed by atoms with Crippen molar-refractivity contribution in [3.05, 3.63) is 95.5 Å². The topological polar surface area (TPSA) is 97.5 Å². The molecule has 0 bridgehead atoms. The standard InChI is InChI=1S/C30H27N3O4/c34-29(35)16-25(21-14-20-4-1-2-6-27(20)32-17-21)26-18-37-28-15-23(9-10-24(26)28)36-13-11-22-8-7-19-5-3-12-31-30(19)33-22/h1-2,4,6-10,14-15,17-18,25H,3,5,11-13,16H2,(H,31,33)(H,34,35). The van der Waals surface area contributed by atoms with E-state index in [9.17, 15) is 9.90 Å². The smallest absolute Gasteiger partial charge is 0.304 e. The number of carbonyl (C=O) groups is 1. The molecule has 0 amide bonds. The fourth-order valence-corrected chi connectivity index (χ4v) is 5.03. The third-order valence-corrected chi connectivity index (χ3v) is 6.92. The molecular formula is C30H27N3O4. The number of carboxylic acid groups (broad SMARTS) is 1. The second-order valence-electron chi connectivity index (χ2n) is 9.40. The first kappa shape index (κ1) is 23.0. The normalized spacial score (nSPS) is 13.7. The lowest BCUT2D eigenvalue weighted by atomic mass is 9.88. The van der Waals surface area contributed by atoms with Gasteiger partial charge in [0.25, 0.3) is 0 Å². The average molecular weight is 494 g/mol. The van der Waals surface area contributed by atoms with Gasteiger partial charge in [-0.2, -0.15) is 0 Å². The molecule has 5 aromatic rings. The molecule has 1 unspecified atom stereocenters. The van der Waals surface area contributed by atoms with Gasteiger partial charge in [-0.1, -0.05) is 24.3 Å². The van der Waals surface area contributed by atoms with Crippen LogP contribution in [0.5, 0.6) is 5.75 Å². The Morgan fingerprint density at radius 1 is 1.14 bits per heavy atom. The molecule has 0 radical (unpaired) electrons. The maximum Gasteiger partial charge on any atom is 0.304 e. The van der Waals surface area contributed by atoms with Crippen molar-refractivity contribution in [1.82, 2.24) is 9.97 Å². The first-order valence-electron chi connectivity index (χ1n) is 12.6. The number of fused-ring (bicyclic) bond motifs is 3. The number of nitrogens with one attached hydrogen (secondary N) is 1. The molecule has 0 spiro atoms. The Hall–Kier alpha value is -4.39. The van der Waals surface area contributed by atoms with Crippen molar-refractivity contribution in [2.24, 2.45) is 0 Å². The summed E-state index contributed by atoms with van der Waals surface area (Å²) in [6.07, 6.45) is 6.27. The van der Waals surface area contributed by atoms with Crippen LogP contribution in [0.3, 0.4) is 0 Å². The molecule has 37 heavy (non-hydrogen) atoms. The van der Waals surface area contributed by atoms with E-state index in [0.717, 1.165) is 58.3 Å². The summed E-state index contributed by atoms with van der Waals surface area (Å²) in [6, 6.07) is 19.7. The summed E-state index contributed by atoms with van der Waals surface area (Å²) in [5.74, 6) is 0.433. The van der Waals surface area contributed by atoms with E-state index in [4.69, 9.17) is 14.1 Å². The van der Waals surface area contributed by atoms with E-state index in [2.05, 4.69) is 22.4 Å². The van der Waals surface area contributed by atoms with Crippen LogP contribution in [0.15, 0.2) is 77.5 Å². The fourth-order valence-electron chi connectivity index (χ4n) is 5.03. The Morgan fingerprint density at radius 3 is 2.97 bits per heavy atom. The molecule has 4 heterocycles. The summed E-state index contributed by atoms with van der Waals surface area (Å²) in [7, 11) is 0. The lowest BCUT2D eigenvalue weighted by Gasteiger charge is -2.17. The van der Waals surface area contributed by atoms with E-state index in [1.165, 1.54) is 5.56 Å². The van der Waals surface area contributed by atoms with E-state index < -0.39 is 5.97 Å². The zero-order valence-electron chi connectivity index (χ0n) is 20.3. The van der Waals surface area contributed by atoms with Crippen molar-refractivity contribution >= 4 is 33.7 Å². The molecule has 2 N–H and O–H groups in total. The van der Waals surface area contributed by atoms with Crippen molar-refractivity contribution in [1.29, 1.82) is 0 Å². The molecule has 0 aliphatic carbocycles. The second kappa shape index (κ2) is 9.93. The monoisotopic (exact) mass is 493 g/mol. The Bertz CT molecular complexity index is 1590. The van der Waals surface area contributed by atoms with Crippen LogP contribution in [-0.4, -0.2) is 34.2 Å². The van der Waals surface area contributed by atoms with Crippen molar-refractivity contribution in [2.45, 2.75) is 31.6 Å². The highest BCUT2D eigenvalue weighted by atomic mass is 16.5. The van der Waals surface area contributed by atoms with Gasteiger partial charge in [-0.25, -0.2) is 4.98 Å². The van der Waals surface area contributed by atoms with Crippen molar-refractivity contribution in [2.75, 3.05) is 18.5 Å². The van der Waals surface area contributed by atoms with Crippen LogP contribution in [0.1, 0.15) is 41.1 Å². The number of pyridine rings is 2. The van der Waals surface area contributed by atoms with Crippen molar-refractivity contribution in [3.8, 4) is 5.75 Å². The van der Waals surface area contributed by atoms with E-state index in [-0.39, 0.29) is 12.3 Å². The molecule has 0 saturated carbocycles. The third-order valence-electron chi connectivity index (χ3n) is 6.92. The minimum absolute atomic E-state index is 0.0600. The van der Waals surface area contributed by atoms with Crippen LogP contribution in [0, 0.1) is 0 Å². The molecule has 0 saturated heterocycles. The molecule has 1 aliphatic heterocycles. The first-order chi connectivity index (χ1) is 18.1. The number of hydrogen-bond acceptors (Lipinski definition) is 6. The molecule has 1 atom stereocenters. The molecule has 1 aliphatic rings. The number of rotatable bonds is 8. The number of nitrogens with zero attached hydrogens (tertiary/aromatic N) is 2. The van der Waals surface area contributed by atoms with Crippen LogP contribution in [0.2, 0.25) is 0 Å². The van der Waals surface area contributed by atoms with Crippen LogP contribution in [0.25, 0.3) is 21.9 Å². The van der Waals surface area contributed by atoms with Gasteiger partial charge in [0.2, 0.25) is 0 Å². The van der Waals surface area contributed by atoms with Gasteiger partial charge < -0.3 is 19.6 Å².